The Morgan fingerprint density at radius 2 is 1.84 bits per heavy atom. The van der Waals surface area contributed by atoms with Crippen LogP contribution < -0.4 is 20.7 Å². The maximum absolute atomic E-state index is 15.8. The Kier molecular flexibility index (Phi) is 9.70. The van der Waals surface area contributed by atoms with Crippen LogP contribution in [0.4, 0.5) is 34.9 Å². The van der Waals surface area contributed by atoms with Crippen molar-refractivity contribution in [3.8, 4) is 11.1 Å². The van der Waals surface area contributed by atoms with Gasteiger partial charge in [-0.15, -0.1) is 0 Å². The number of rotatable bonds is 9. The number of carbonyl (C=O) groups is 1. The number of ether oxygens (including phenoxy) is 2. The normalized spacial score (nSPS) is 17.3. The number of nitrogens with one attached hydrogen (secondary N) is 1. The fraction of sp³-hybridized carbons (Fsp3) is 0.467. The number of benzene rings is 1. The van der Waals surface area contributed by atoms with Gasteiger partial charge in [0.1, 0.15) is 5.82 Å². The molecule has 2 aromatic heterocycles. The lowest BCUT2D eigenvalue weighted by Crippen LogP contribution is -2.37. The molecule has 5 rings (SSSR count). The third-order valence-corrected chi connectivity index (χ3v) is 8.13. The topological polar surface area (TPSA) is 105 Å². The Labute approximate surface area is 257 Å². The molecule has 2 aliphatic rings. The highest BCUT2D eigenvalue weighted by atomic mass is 19.4. The van der Waals surface area contributed by atoms with E-state index >= 15 is 4.39 Å². The Hall–Kier alpha value is -4.08. The fourth-order valence-electron chi connectivity index (χ4n) is 5.51. The van der Waals surface area contributed by atoms with E-state index in [-0.39, 0.29) is 17.3 Å². The van der Waals surface area contributed by atoms with E-state index in [4.69, 9.17) is 9.47 Å². The number of pyridine rings is 1. The highest BCUT2D eigenvalue weighted by Gasteiger charge is 2.37. The third-order valence-electron chi connectivity index (χ3n) is 8.13. The number of anilines is 3. The molecule has 45 heavy (non-hydrogen) atoms. The highest BCUT2D eigenvalue weighted by molar-refractivity contribution is 6.07. The number of likely N-dealkylation sites (N-methyl/N-ethyl adjacent to an activating group) is 1. The molecule has 1 N–H and O–H groups in total. The molecule has 2 aliphatic heterocycles. The standard InChI is InChI=1S/C30H35F4N7O4/c1-38(6-9-44-3)20-4-5-41(17-20)26-14-24(31)21(19-15-35-29(36-16-19)40-7-10-45-11-8-40)12-25(26)37-28(43)22-18-39(2)27(42)13-23(22)30(32,33)34/h12-16,18,20H,4-11,17H2,1-3H3,(H,37,43)/t20-/m0/s1. The van der Waals surface area contributed by atoms with Crippen LogP contribution in [-0.4, -0.2) is 98.1 Å². The van der Waals surface area contributed by atoms with Crippen molar-refractivity contribution in [2.24, 2.45) is 7.05 Å². The zero-order valence-electron chi connectivity index (χ0n) is 25.2. The number of aromatic nitrogens is 3. The summed E-state index contributed by atoms with van der Waals surface area (Å²) < 4.78 is 68.8. The number of methoxy groups -OCH3 is 1. The van der Waals surface area contributed by atoms with Gasteiger partial charge >= 0.3 is 6.18 Å². The van der Waals surface area contributed by atoms with Gasteiger partial charge in [-0.3, -0.25) is 14.5 Å². The molecule has 0 spiro atoms. The SMILES string of the molecule is COCCN(C)[C@H]1CCN(c2cc(F)c(-c3cnc(N4CCOCC4)nc3)cc2NC(=O)c2cn(C)c(=O)cc2C(F)(F)F)C1. The van der Waals surface area contributed by atoms with Crippen LogP contribution in [0.15, 0.2) is 41.6 Å². The van der Waals surface area contributed by atoms with Gasteiger partial charge in [-0.2, -0.15) is 13.2 Å². The van der Waals surface area contributed by atoms with Crippen LogP contribution in [0.25, 0.3) is 11.1 Å². The van der Waals surface area contributed by atoms with Gasteiger partial charge in [0.15, 0.2) is 0 Å². The van der Waals surface area contributed by atoms with Crippen LogP contribution in [0, 0.1) is 5.82 Å². The van der Waals surface area contributed by atoms with Crippen LogP contribution in [-0.2, 0) is 22.7 Å². The lowest BCUT2D eigenvalue weighted by atomic mass is 10.0. The first-order valence-electron chi connectivity index (χ1n) is 14.5. The molecule has 15 heteroatoms. The zero-order valence-corrected chi connectivity index (χ0v) is 25.2. The quantitative estimate of drug-likeness (QED) is 0.356. The Bertz CT molecular complexity index is 1580. The Morgan fingerprint density at radius 1 is 1.13 bits per heavy atom. The number of morpholine rings is 1. The fourth-order valence-corrected chi connectivity index (χ4v) is 5.51. The van der Waals surface area contributed by atoms with Crippen LogP contribution in [0.5, 0.6) is 0 Å². The predicted molar refractivity (Wildman–Crippen MR) is 160 cm³/mol. The average molecular weight is 634 g/mol. The van der Waals surface area contributed by atoms with Gasteiger partial charge in [0.2, 0.25) is 5.95 Å². The minimum absolute atomic E-state index is 0.0621. The maximum Gasteiger partial charge on any atom is 0.417 e. The first-order valence-corrected chi connectivity index (χ1v) is 14.5. The van der Waals surface area contributed by atoms with E-state index in [1.54, 1.807) is 7.11 Å². The average Bonchev–Trinajstić information content (AvgIpc) is 3.52. The number of amides is 1. The molecule has 242 valence electrons. The van der Waals surface area contributed by atoms with Crippen LogP contribution >= 0.6 is 0 Å². The maximum atomic E-state index is 15.8. The summed E-state index contributed by atoms with van der Waals surface area (Å²) in [7, 11) is 4.83. The van der Waals surface area contributed by atoms with Gasteiger partial charge in [0, 0.05) is 88.7 Å². The molecule has 2 saturated heterocycles. The number of halogens is 4. The molecule has 0 unspecified atom stereocenters. The van der Waals surface area contributed by atoms with Gasteiger partial charge in [0.05, 0.1) is 42.3 Å². The van der Waals surface area contributed by atoms with Gasteiger partial charge in [-0.1, -0.05) is 0 Å². The van der Waals surface area contributed by atoms with Crippen molar-refractivity contribution in [2.75, 3.05) is 81.8 Å². The summed E-state index contributed by atoms with van der Waals surface area (Å²) in [5, 5.41) is 2.58. The van der Waals surface area contributed by atoms with Crippen LogP contribution in [0.2, 0.25) is 0 Å². The van der Waals surface area contributed by atoms with E-state index in [0.29, 0.717) is 75.8 Å². The molecule has 0 radical (unpaired) electrons. The summed E-state index contributed by atoms with van der Waals surface area (Å²) in [6.07, 6.45) is -0.433. The largest absolute Gasteiger partial charge is 0.417 e. The van der Waals surface area contributed by atoms with E-state index in [9.17, 15) is 22.8 Å². The molecule has 1 atom stereocenters. The molecule has 0 bridgehead atoms. The highest BCUT2D eigenvalue weighted by Crippen LogP contribution is 2.37. The van der Waals surface area contributed by atoms with Crippen molar-refractivity contribution >= 4 is 23.2 Å². The number of aryl methyl sites for hydroxylation is 1. The molecule has 0 saturated carbocycles. The number of carbonyl (C=O) groups excluding carboxylic acids is 1. The van der Waals surface area contributed by atoms with Crippen molar-refractivity contribution in [3.05, 3.63) is 64.1 Å². The summed E-state index contributed by atoms with van der Waals surface area (Å²) in [6, 6.07) is 3.14. The van der Waals surface area contributed by atoms with E-state index in [1.165, 1.54) is 31.6 Å². The summed E-state index contributed by atoms with van der Waals surface area (Å²) >= 11 is 0. The second-order valence-electron chi connectivity index (χ2n) is 11.1. The van der Waals surface area contributed by atoms with Crippen LogP contribution in [0.3, 0.4) is 0 Å². The van der Waals surface area contributed by atoms with Gasteiger partial charge in [-0.05, 0) is 25.6 Å². The predicted octanol–water partition coefficient (Wildman–Crippen LogP) is 3.25. The number of hydrogen-bond acceptors (Lipinski definition) is 9. The van der Waals surface area contributed by atoms with E-state index in [1.807, 2.05) is 16.8 Å². The lowest BCUT2D eigenvalue weighted by Gasteiger charge is -2.27. The smallest absolute Gasteiger partial charge is 0.383 e. The monoisotopic (exact) mass is 633 g/mol. The minimum Gasteiger partial charge on any atom is -0.383 e. The van der Waals surface area contributed by atoms with Crippen molar-refractivity contribution in [3.63, 3.8) is 0 Å². The van der Waals surface area contributed by atoms with Gasteiger partial charge in [0.25, 0.3) is 11.5 Å². The number of nitrogens with zero attached hydrogens (tertiary/aromatic N) is 6. The van der Waals surface area contributed by atoms with Crippen molar-refractivity contribution < 1.29 is 31.8 Å². The summed E-state index contributed by atoms with van der Waals surface area (Å²) in [4.78, 5) is 40.2. The van der Waals surface area contributed by atoms with E-state index in [2.05, 4.69) is 20.2 Å². The summed E-state index contributed by atoms with van der Waals surface area (Å²) in [5.41, 5.74) is -2.20. The zero-order chi connectivity index (χ0) is 32.3. The molecular formula is C30H35F4N7O4. The van der Waals surface area contributed by atoms with Gasteiger partial charge < -0.3 is 29.2 Å². The van der Waals surface area contributed by atoms with Crippen molar-refractivity contribution in [2.45, 2.75) is 18.6 Å². The second-order valence-corrected chi connectivity index (χ2v) is 11.1. The van der Waals surface area contributed by atoms with Crippen molar-refractivity contribution in [1.29, 1.82) is 0 Å². The molecule has 3 aromatic rings. The molecule has 1 aromatic carbocycles. The number of hydrogen-bond donors (Lipinski definition) is 1. The molecule has 4 heterocycles. The van der Waals surface area contributed by atoms with Gasteiger partial charge in [-0.25, -0.2) is 14.4 Å². The van der Waals surface area contributed by atoms with E-state index < -0.39 is 34.6 Å². The molecule has 0 aliphatic carbocycles. The second kappa shape index (κ2) is 13.5. The lowest BCUT2D eigenvalue weighted by molar-refractivity contribution is -0.138. The molecule has 1 amide bonds. The first kappa shape index (κ1) is 32.3. The number of alkyl halides is 3. The summed E-state index contributed by atoms with van der Waals surface area (Å²) in [6.45, 7) is 4.53. The third kappa shape index (κ3) is 7.26. The Balaban J connectivity index is 1.51. The first-order chi connectivity index (χ1) is 21.5. The van der Waals surface area contributed by atoms with Crippen LogP contribution in [0.1, 0.15) is 22.3 Å². The Morgan fingerprint density at radius 3 is 2.51 bits per heavy atom. The molecule has 11 nitrogen and oxygen atoms in total. The molecule has 2 fully saturated rings. The molecular weight excluding hydrogens is 598 g/mol. The van der Waals surface area contributed by atoms with Crippen molar-refractivity contribution in [1.82, 2.24) is 19.4 Å². The van der Waals surface area contributed by atoms with E-state index in [0.717, 1.165) is 17.2 Å². The minimum atomic E-state index is -4.95. The summed E-state index contributed by atoms with van der Waals surface area (Å²) in [5.74, 6) is -1.24.